The number of carbonyl (C=O) groups excluding carboxylic acids is 2. The Morgan fingerprint density at radius 3 is 2.33 bits per heavy atom. The summed E-state index contributed by atoms with van der Waals surface area (Å²) in [6, 6.07) is 13.3. The Balaban J connectivity index is 2.15. The summed E-state index contributed by atoms with van der Waals surface area (Å²) >= 11 is 0. The molecule has 0 saturated heterocycles. The standard InChI is InChI=1S/C23H28NO3/c1-6-22(25)27-15-14-24(4,5)16-20-12-13-21(18(3)17(20)2)23(26)19-10-8-7-9-11-19/h6-13H,1,14-16H2,2-5H3/q+1. The van der Waals surface area contributed by atoms with Gasteiger partial charge in [-0.05, 0) is 25.0 Å². The van der Waals surface area contributed by atoms with Crippen LogP contribution in [-0.2, 0) is 16.1 Å². The van der Waals surface area contributed by atoms with Crippen molar-refractivity contribution < 1.29 is 18.8 Å². The van der Waals surface area contributed by atoms with E-state index in [9.17, 15) is 9.59 Å². The van der Waals surface area contributed by atoms with Crippen molar-refractivity contribution >= 4 is 11.8 Å². The zero-order valence-corrected chi connectivity index (χ0v) is 16.6. The quantitative estimate of drug-likeness (QED) is 0.309. The molecule has 4 heteroatoms. The van der Waals surface area contributed by atoms with Crippen LogP contribution in [0.1, 0.15) is 32.6 Å². The molecule has 0 atom stereocenters. The Bertz CT molecular complexity index is 838. The second-order valence-electron chi connectivity index (χ2n) is 7.41. The van der Waals surface area contributed by atoms with Gasteiger partial charge in [-0.25, -0.2) is 4.79 Å². The third-order valence-electron chi connectivity index (χ3n) is 4.89. The minimum Gasteiger partial charge on any atom is -0.457 e. The molecule has 0 fully saturated rings. The van der Waals surface area contributed by atoms with Gasteiger partial charge in [0.25, 0.3) is 0 Å². The molecule has 2 aromatic rings. The number of carbonyl (C=O) groups is 2. The normalized spacial score (nSPS) is 11.1. The van der Waals surface area contributed by atoms with E-state index < -0.39 is 5.97 Å². The van der Waals surface area contributed by atoms with Gasteiger partial charge in [-0.3, -0.25) is 4.79 Å². The van der Waals surface area contributed by atoms with Crippen LogP contribution >= 0.6 is 0 Å². The number of likely N-dealkylation sites (N-methyl/N-ethyl adjacent to an activating group) is 1. The van der Waals surface area contributed by atoms with Crippen molar-refractivity contribution in [2.24, 2.45) is 0 Å². The minimum atomic E-state index is -0.397. The van der Waals surface area contributed by atoms with Crippen LogP contribution in [0.5, 0.6) is 0 Å². The molecule has 0 saturated carbocycles. The molecule has 0 bridgehead atoms. The van der Waals surface area contributed by atoms with E-state index in [0.717, 1.165) is 23.2 Å². The van der Waals surface area contributed by atoms with E-state index in [1.807, 2.05) is 49.4 Å². The Morgan fingerprint density at radius 2 is 1.70 bits per heavy atom. The lowest BCUT2D eigenvalue weighted by Gasteiger charge is -2.30. The number of quaternary nitrogens is 1. The number of ketones is 1. The highest BCUT2D eigenvalue weighted by molar-refractivity contribution is 6.10. The lowest BCUT2D eigenvalue weighted by atomic mass is 9.92. The van der Waals surface area contributed by atoms with Crippen LogP contribution in [-0.4, -0.2) is 43.5 Å². The molecule has 0 aliphatic carbocycles. The van der Waals surface area contributed by atoms with Gasteiger partial charge in [-0.2, -0.15) is 0 Å². The van der Waals surface area contributed by atoms with Crippen LogP contribution in [0, 0.1) is 13.8 Å². The molecule has 0 aliphatic heterocycles. The van der Waals surface area contributed by atoms with E-state index in [1.165, 1.54) is 11.6 Å². The molecule has 2 rings (SSSR count). The number of benzene rings is 2. The third kappa shape index (κ3) is 5.38. The minimum absolute atomic E-state index is 0.0489. The van der Waals surface area contributed by atoms with Crippen molar-refractivity contribution in [2.75, 3.05) is 27.2 Å². The summed E-state index contributed by atoms with van der Waals surface area (Å²) in [6.45, 7) is 9.30. The van der Waals surface area contributed by atoms with Gasteiger partial charge in [0.05, 0.1) is 14.1 Å². The van der Waals surface area contributed by atoms with E-state index in [4.69, 9.17) is 4.74 Å². The van der Waals surface area contributed by atoms with Crippen molar-refractivity contribution in [2.45, 2.75) is 20.4 Å². The number of esters is 1. The van der Waals surface area contributed by atoms with Crippen LogP contribution in [0.3, 0.4) is 0 Å². The van der Waals surface area contributed by atoms with Gasteiger partial charge >= 0.3 is 5.97 Å². The Hall–Kier alpha value is -2.72. The SMILES string of the molecule is C=CC(=O)OCC[N+](C)(C)Cc1ccc(C(=O)c2ccccc2)c(C)c1C. The lowest BCUT2D eigenvalue weighted by Crippen LogP contribution is -2.42. The van der Waals surface area contributed by atoms with E-state index in [2.05, 4.69) is 27.6 Å². The average molecular weight is 366 g/mol. The molecule has 27 heavy (non-hydrogen) atoms. The molecular weight excluding hydrogens is 338 g/mol. The Morgan fingerprint density at radius 1 is 1.04 bits per heavy atom. The highest BCUT2D eigenvalue weighted by Gasteiger charge is 2.20. The third-order valence-corrected chi connectivity index (χ3v) is 4.89. The molecule has 0 spiro atoms. The smallest absolute Gasteiger partial charge is 0.330 e. The first-order valence-corrected chi connectivity index (χ1v) is 9.05. The predicted molar refractivity (Wildman–Crippen MR) is 108 cm³/mol. The second-order valence-corrected chi connectivity index (χ2v) is 7.41. The van der Waals surface area contributed by atoms with Crippen LogP contribution < -0.4 is 0 Å². The van der Waals surface area contributed by atoms with Gasteiger partial charge in [0.15, 0.2) is 5.78 Å². The lowest BCUT2D eigenvalue weighted by molar-refractivity contribution is -0.903. The van der Waals surface area contributed by atoms with E-state index in [0.29, 0.717) is 23.2 Å². The molecule has 0 aliphatic rings. The van der Waals surface area contributed by atoms with Gasteiger partial charge in [0.1, 0.15) is 19.7 Å². The summed E-state index contributed by atoms with van der Waals surface area (Å²) in [5, 5.41) is 0. The van der Waals surface area contributed by atoms with Gasteiger partial charge < -0.3 is 9.22 Å². The fourth-order valence-electron chi connectivity index (χ4n) is 3.03. The summed E-state index contributed by atoms with van der Waals surface area (Å²) < 4.78 is 5.78. The van der Waals surface area contributed by atoms with Crippen LogP contribution in [0.4, 0.5) is 0 Å². The van der Waals surface area contributed by atoms with Gasteiger partial charge in [0, 0.05) is 22.8 Å². The van der Waals surface area contributed by atoms with Crippen molar-refractivity contribution in [3.8, 4) is 0 Å². The summed E-state index contributed by atoms with van der Waals surface area (Å²) in [5.74, 6) is -0.348. The van der Waals surface area contributed by atoms with Crippen LogP contribution in [0.25, 0.3) is 0 Å². The fourth-order valence-corrected chi connectivity index (χ4v) is 3.03. The largest absolute Gasteiger partial charge is 0.457 e. The number of rotatable bonds is 8. The summed E-state index contributed by atoms with van der Waals surface area (Å²) in [4.78, 5) is 24.0. The predicted octanol–water partition coefficient (Wildman–Crippen LogP) is 3.84. The number of hydrogen-bond donors (Lipinski definition) is 0. The monoisotopic (exact) mass is 366 g/mol. The van der Waals surface area contributed by atoms with Gasteiger partial charge in [-0.1, -0.05) is 49.0 Å². The summed E-state index contributed by atoms with van der Waals surface area (Å²) in [7, 11) is 4.19. The summed E-state index contributed by atoms with van der Waals surface area (Å²) in [6.07, 6.45) is 1.18. The van der Waals surface area contributed by atoms with Crippen molar-refractivity contribution in [1.29, 1.82) is 0 Å². The first-order chi connectivity index (χ1) is 12.7. The Kier molecular flexibility index (Phi) is 6.70. The van der Waals surface area contributed by atoms with Crippen LogP contribution in [0.15, 0.2) is 55.1 Å². The number of ether oxygens (including phenoxy) is 1. The molecule has 2 aromatic carbocycles. The maximum atomic E-state index is 12.8. The maximum absolute atomic E-state index is 12.8. The van der Waals surface area contributed by atoms with Crippen LogP contribution in [0.2, 0.25) is 0 Å². The summed E-state index contributed by atoms with van der Waals surface area (Å²) in [5.41, 5.74) is 4.78. The zero-order chi connectivity index (χ0) is 20.0. The van der Waals surface area contributed by atoms with Crippen molar-refractivity contribution in [3.63, 3.8) is 0 Å². The highest BCUT2D eigenvalue weighted by atomic mass is 16.5. The highest BCUT2D eigenvalue weighted by Crippen LogP contribution is 2.23. The zero-order valence-electron chi connectivity index (χ0n) is 16.6. The number of hydrogen-bond acceptors (Lipinski definition) is 3. The maximum Gasteiger partial charge on any atom is 0.330 e. The fraction of sp³-hybridized carbons (Fsp3) is 0.304. The Labute approximate surface area is 161 Å². The van der Waals surface area contributed by atoms with E-state index in [-0.39, 0.29) is 5.78 Å². The first kappa shape index (κ1) is 20.6. The molecule has 142 valence electrons. The molecule has 0 unspecified atom stereocenters. The molecule has 4 nitrogen and oxygen atoms in total. The van der Waals surface area contributed by atoms with Gasteiger partial charge in [-0.15, -0.1) is 0 Å². The average Bonchev–Trinajstić information content (AvgIpc) is 2.65. The molecule has 0 N–H and O–H groups in total. The van der Waals surface area contributed by atoms with E-state index >= 15 is 0 Å². The molecular formula is C23H28NO3+. The first-order valence-electron chi connectivity index (χ1n) is 9.05. The number of nitrogens with zero attached hydrogens (tertiary/aromatic N) is 1. The van der Waals surface area contributed by atoms with Crippen molar-refractivity contribution in [3.05, 3.63) is 82.9 Å². The molecule has 0 amide bonds. The molecule has 0 heterocycles. The molecule has 0 radical (unpaired) electrons. The second kappa shape index (κ2) is 8.78. The van der Waals surface area contributed by atoms with Gasteiger partial charge in [0.2, 0.25) is 0 Å². The molecule has 0 aromatic heterocycles. The topological polar surface area (TPSA) is 43.4 Å². The van der Waals surface area contributed by atoms with E-state index in [1.54, 1.807) is 0 Å². The van der Waals surface area contributed by atoms with Crippen molar-refractivity contribution in [1.82, 2.24) is 0 Å².